The summed E-state index contributed by atoms with van der Waals surface area (Å²) < 4.78 is 18.4. The summed E-state index contributed by atoms with van der Waals surface area (Å²) in [6.07, 6.45) is 6.21. The van der Waals surface area contributed by atoms with Gasteiger partial charge in [0, 0.05) is 25.0 Å². The Balaban J connectivity index is 0.000000158. The summed E-state index contributed by atoms with van der Waals surface area (Å²) in [5.41, 5.74) is 4.23. The summed E-state index contributed by atoms with van der Waals surface area (Å²) in [6, 6.07) is 16.6. The molecule has 1 N–H and O–H groups in total. The largest absolute Gasteiger partial charge is 0.490 e. The van der Waals surface area contributed by atoms with Gasteiger partial charge in [0.15, 0.2) is 0 Å². The predicted molar refractivity (Wildman–Crippen MR) is 104 cm³/mol. The van der Waals surface area contributed by atoms with Crippen molar-refractivity contribution >= 4 is 5.69 Å². The van der Waals surface area contributed by atoms with Gasteiger partial charge in [0.25, 0.3) is 0 Å². The molecule has 3 aromatic rings. The third-order valence-electron chi connectivity index (χ3n) is 4.33. The Bertz CT molecular complexity index is 849. The lowest BCUT2D eigenvalue weighted by atomic mass is 10.0. The van der Waals surface area contributed by atoms with E-state index in [0.717, 1.165) is 35.4 Å². The quantitative estimate of drug-likeness (QED) is 0.678. The van der Waals surface area contributed by atoms with Crippen LogP contribution in [0.15, 0.2) is 67.0 Å². The monoisotopic (exact) mass is 350 g/mol. The third kappa shape index (κ3) is 4.60. The van der Waals surface area contributed by atoms with Crippen molar-refractivity contribution in [2.45, 2.75) is 25.9 Å². The molecule has 0 amide bonds. The summed E-state index contributed by atoms with van der Waals surface area (Å²) in [5, 5.41) is 3.01. The number of ether oxygens (including phenoxy) is 1. The number of aromatic nitrogens is 1. The Kier molecular flexibility index (Phi) is 5.84. The Labute approximate surface area is 153 Å². The maximum absolute atomic E-state index is 12.7. The molecule has 0 saturated heterocycles. The standard InChI is InChI=1S/C12H11FN2.C10H12O/c1-14-12-6-10(7-15-8-12)9-2-4-11(13)5-3-9;1-8-6-7-9-4-2-3-5-10(9)11-8/h2-8,14H,1H3;2-5,8H,6-7H2,1H3. The number of benzene rings is 2. The van der Waals surface area contributed by atoms with E-state index >= 15 is 0 Å². The molecule has 1 unspecified atom stereocenters. The zero-order valence-electron chi connectivity index (χ0n) is 15.1. The second-order valence-electron chi connectivity index (χ2n) is 6.29. The molecule has 1 atom stereocenters. The summed E-state index contributed by atoms with van der Waals surface area (Å²) in [4.78, 5) is 4.10. The van der Waals surface area contributed by atoms with Gasteiger partial charge in [-0.15, -0.1) is 0 Å². The Morgan fingerprint density at radius 3 is 2.58 bits per heavy atom. The first-order valence-electron chi connectivity index (χ1n) is 8.79. The van der Waals surface area contributed by atoms with Gasteiger partial charge in [0.1, 0.15) is 11.6 Å². The average molecular weight is 350 g/mol. The lowest BCUT2D eigenvalue weighted by Crippen LogP contribution is -2.18. The predicted octanol–water partition coefficient (Wildman–Crippen LogP) is 5.33. The van der Waals surface area contributed by atoms with Crippen LogP contribution in [0.4, 0.5) is 10.1 Å². The van der Waals surface area contributed by atoms with Crippen molar-refractivity contribution in [3.8, 4) is 16.9 Å². The van der Waals surface area contributed by atoms with E-state index in [4.69, 9.17) is 4.74 Å². The van der Waals surface area contributed by atoms with E-state index in [1.54, 1.807) is 24.5 Å². The van der Waals surface area contributed by atoms with Gasteiger partial charge < -0.3 is 10.1 Å². The highest BCUT2D eigenvalue weighted by Gasteiger charge is 2.14. The van der Waals surface area contributed by atoms with E-state index in [0.29, 0.717) is 6.10 Å². The Morgan fingerprint density at radius 2 is 1.81 bits per heavy atom. The zero-order valence-corrected chi connectivity index (χ0v) is 15.1. The van der Waals surface area contributed by atoms with E-state index in [1.165, 1.54) is 17.7 Å². The molecule has 1 aliphatic heterocycles. The molecular weight excluding hydrogens is 327 g/mol. The van der Waals surface area contributed by atoms with Crippen molar-refractivity contribution < 1.29 is 9.13 Å². The molecule has 0 bridgehead atoms. The van der Waals surface area contributed by atoms with Crippen molar-refractivity contribution in [2.75, 3.05) is 12.4 Å². The van der Waals surface area contributed by atoms with E-state index in [2.05, 4.69) is 29.4 Å². The highest BCUT2D eigenvalue weighted by molar-refractivity contribution is 5.66. The molecule has 0 aliphatic carbocycles. The topological polar surface area (TPSA) is 34.1 Å². The van der Waals surface area contributed by atoms with Crippen molar-refractivity contribution in [1.29, 1.82) is 0 Å². The number of halogens is 1. The number of para-hydroxylation sites is 1. The molecule has 0 fully saturated rings. The molecule has 2 aromatic carbocycles. The molecule has 0 spiro atoms. The minimum Gasteiger partial charge on any atom is -0.490 e. The molecule has 0 saturated carbocycles. The number of fused-ring (bicyclic) bond motifs is 1. The van der Waals surface area contributed by atoms with Crippen LogP contribution < -0.4 is 10.1 Å². The highest BCUT2D eigenvalue weighted by atomic mass is 19.1. The number of hydrogen-bond donors (Lipinski definition) is 1. The van der Waals surface area contributed by atoms with Gasteiger partial charge >= 0.3 is 0 Å². The first kappa shape index (κ1) is 17.9. The fraction of sp³-hybridized carbons (Fsp3) is 0.227. The van der Waals surface area contributed by atoms with Crippen molar-refractivity contribution in [1.82, 2.24) is 4.98 Å². The van der Waals surface area contributed by atoms with Crippen molar-refractivity contribution in [3.63, 3.8) is 0 Å². The third-order valence-corrected chi connectivity index (χ3v) is 4.33. The fourth-order valence-corrected chi connectivity index (χ4v) is 2.84. The van der Waals surface area contributed by atoms with E-state index in [9.17, 15) is 4.39 Å². The normalized spacial score (nSPS) is 15.1. The van der Waals surface area contributed by atoms with E-state index in [-0.39, 0.29) is 5.82 Å². The number of nitrogens with one attached hydrogen (secondary N) is 1. The first-order chi connectivity index (χ1) is 12.7. The van der Waals surface area contributed by atoms with Gasteiger partial charge in [0.2, 0.25) is 0 Å². The van der Waals surface area contributed by atoms with Crippen LogP contribution in [0.5, 0.6) is 5.75 Å². The van der Waals surface area contributed by atoms with Crippen LogP contribution >= 0.6 is 0 Å². The molecule has 1 aliphatic rings. The first-order valence-corrected chi connectivity index (χ1v) is 8.79. The van der Waals surface area contributed by atoms with Crippen LogP contribution in [-0.2, 0) is 6.42 Å². The van der Waals surface area contributed by atoms with Crippen LogP contribution in [0.25, 0.3) is 11.1 Å². The molecule has 4 heteroatoms. The molecular formula is C22H23FN2O. The van der Waals surface area contributed by atoms with Crippen molar-refractivity contribution in [3.05, 3.63) is 78.4 Å². The smallest absolute Gasteiger partial charge is 0.123 e. The lowest BCUT2D eigenvalue weighted by molar-refractivity contribution is 0.192. The summed E-state index contributed by atoms with van der Waals surface area (Å²) in [5.74, 6) is 0.850. The van der Waals surface area contributed by atoms with E-state index in [1.807, 2.05) is 25.2 Å². The number of rotatable bonds is 2. The fourth-order valence-electron chi connectivity index (χ4n) is 2.84. The summed E-state index contributed by atoms with van der Waals surface area (Å²) in [6.45, 7) is 2.12. The molecule has 26 heavy (non-hydrogen) atoms. The molecule has 134 valence electrons. The maximum Gasteiger partial charge on any atom is 0.123 e. The number of aryl methyl sites for hydroxylation is 1. The summed E-state index contributed by atoms with van der Waals surface area (Å²) in [7, 11) is 1.84. The molecule has 2 heterocycles. The van der Waals surface area contributed by atoms with Crippen LogP contribution in [0, 0.1) is 5.82 Å². The van der Waals surface area contributed by atoms with Gasteiger partial charge in [-0.25, -0.2) is 4.39 Å². The minimum absolute atomic E-state index is 0.225. The Morgan fingerprint density at radius 1 is 1.04 bits per heavy atom. The second kappa shape index (κ2) is 8.48. The second-order valence-corrected chi connectivity index (χ2v) is 6.29. The summed E-state index contributed by atoms with van der Waals surface area (Å²) >= 11 is 0. The molecule has 3 nitrogen and oxygen atoms in total. The number of anilines is 1. The molecule has 1 aromatic heterocycles. The number of hydrogen-bond acceptors (Lipinski definition) is 3. The molecule has 0 radical (unpaired) electrons. The number of pyridine rings is 1. The van der Waals surface area contributed by atoms with Crippen LogP contribution in [0.3, 0.4) is 0 Å². The van der Waals surface area contributed by atoms with E-state index < -0.39 is 0 Å². The van der Waals surface area contributed by atoms with Gasteiger partial charge in [-0.3, -0.25) is 4.98 Å². The van der Waals surface area contributed by atoms with Gasteiger partial charge in [-0.05, 0) is 55.2 Å². The Hall–Kier alpha value is -2.88. The zero-order chi connectivity index (χ0) is 18.4. The number of nitrogens with zero attached hydrogens (tertiary/aromatic N) is 1. The lowest BCUT2D eigenvalue weighted by Gasteiger charge is -2.22. The molecule has 4 rings (SSSR count). The maximum atomic E-state index is 12.7. The average Bonchev–Trinajstić information content (AvgIpc) is 2.69. The minimum atomic E-state index is -0.225. The van der Waals surface area contributed by atoms with Crippen LogP contribution in [0.2, 0.25) is 0 Å². The SMILES string of the molecule is CC1CCc2ccccc2O1.CNc1cncc(-c2ccc(F)cc2)c1. The van der Waals surface area contributed by atoms with Crippen LogP contribution in [0.1, 0.15) is 18.9 Å². The van der Waals surface area contributed by atoms with Crippen LogP contribution in [-0.4, -0.2) is 18.1 Å². The van der Waals surface area contributed by atoms with Crippen molar-refractivity contribution in [2.24, 2.45) is 0 Å². The van der Waals surface area contributed by atoms with Gasteiger partial charge in [-0.1, -0.05) is 30.3 Å². The van der Waals surface area contributed by atoms with Gasteiger partial charge in [-0.2, -0.15) is 0 Å². The highest BCUT2D eigenvalue weighted by Crippen LogP contribution is 2.26. The van der Waals surface area contributed by atoms with Gasteiger partial charge in [0.05, 0.1) is 11.8 Å².